The van der Waals surface area contributed by atoms with E-state index in [1.807, 2.05) is 42.5 Å². The van der Waals surface area contributed by atoms with E-state index in [0.717, 1.165) is 10.0 Å². The summed E-state index contributed by atoms with van der Waals surface area (Å²) in [5.74, 6) is 1.17. The molecule has 0 aliphatic heterocycles. The lowest BCUT2D eigenvalue weighted by molar-refractivity contribution is 0.102. The van der Waals surface area contributed by atoms with Crippen LogP contribution in [0, 0.1) is 0 Å². The molecule has 4 rings (SSSR count). The Balaban J connectivity index is 1.55. The molecule has 0 aliphatic rings. The van der Waals surface area contributed by atoms with Crippen molar-refractivity contribution in [1.29, 1.82) is 0 Å². The Morgan fingerprint density at radius 1 is 1.04 bits per heavy atom. The number of rotatable bonds is 5. The summed E-state index contributed by atoms with van der Waals surface area (Å²) in [5, 5.41) is 6.88. The van der Waals surface area contributed by atoms with E-state index in [1.54, 1.807) is 24.5 Å². The molecule has 6 nitrogen and oxygen atoms in total. The Kier molecular flexibility index (Phi) is 4.84. The molecular formula is C20H14BrN3O3. The zero-order chi connectivity index (χ0) is 18.6. The van der Waals surface area contributed by atoms with Gasteiger partial charge >= 0.3 is 0 Å². The number of nitrogens with one attached hydrogen (secondary N) is 1. The largest absolute Gasteiger partial charge is 0.461 e. The van der Waals surface area contributed by atoms with Gasteiger partial charge in [-0.2, -0.15) is 4.98 Å². The molecule has 0 atom stereocenters. The van der Waals surface area contributed by atoms with Crippen LogP contribution in [0.4, 0.5) is 5.69 Å². The second kappa shape index (κ2) is 7.59. The van der Waals surface area contributed by atoms with E-state index in [0.29, 0.717) is 35.1 Å². The van der Waals surface area contributed by atoms with E-state index in [4.69, 9.17) is 8.94 Å². The fourth-order valence-corrected chi connectivity index (χ4v) is 3.09. The number of aromatic nitrogens is 2. The Labute approximate surface area is 163 Å². The SMILES string of the molecule is O=C(Nc1ccccc1Cc1nc(-c2ccco2)no1)c1ccccc1Br. The third-order valence-electron chi connectivity index (χ3n) is 3.94. The third kappa shape index (κ3) is 3.83. The Morgan fingerprint density at radius 2 is 1.85 bits per heavy atom. The molecule has 0 unspecified atom stereocenters. The summed E-state index contributed by atoms with van der Waals surface area (Å²) in [7, 11) is 0. The molecule has 0 bridgehead atoms. The van der Waals surface area contributed by atoms with Crippen molar-refractivity contribution in [3.63, 3.8) is 0 Å². The molecule has 0 fully saturated rings. The summed E-state index contributed by atoms with van der Waals surface area (Å²) >= 11 is 3.40. The lowest BCUT2D eigenvalue weighted by atomic mass is 10.1. The molecule has 0 spiro atoms. The van der Waals surface area contributed by atoms with Crippen LogP contribution in [0.5, 0.6) is 0 Å². The van der Waals surface area contributed by atoms with E-state index in [-0.39, 0.29) is 5.91 Å². The molecule has 0 aliphatic carbocycles. The number of carbonyl (C=O) groups excluding carboxylic acids is 1. The fourth-order valence-electron chi connectivity index (χ4n) is 2.63. The first kappa shape index (κ1) is 17.2. The minimum absolute atomic E-state index is 0.197. The number of hydrogen-bond acceptors (Lipinski definition) is 5. The monoisotopic (exact) mass is 423 g/mol. The minimum Gasteiger partial charge on any atom is -0.461 e. The molecule has 0 saturated heterocycles. The maximum Gasteiger partial charge on any atom is 0.256 e. The normalized spacial score (nSPS) is 10.7. The molecule has 0 saturated carbocycles. The van der Waals surface area contributed by atoms with Crippen LogP contribution in [-0.4, -0.2) is 16.0 Å². The minimum atomic E-state index is -0.197. The number of anilines is 1. The van der Waals surface area contributed by atoms with Crippen molar-refractivity contribution in [1.82, 2.24) is 10.1 Å². The molecule has 7 heteroatoms. The highest BCUT2D eigenvalue weighted by atomic mass is 79.9. The number of halogens is 1. The molecule has 2 aromatic carbocycles. The van der Waals surface area contributed by atoms with Gasteiger partial charge < -0.3 is 14.3 Å². The molecule has 2 heterocycles. The van der Waals surface area contributed by atoms with Gasteiger partial charge in [-0.15, -0.1) is 0 Å². The van der Waals surface area contributed by atoms with Crippen LogP contribution in [0.2, 0.25) is 0 Å². The Hall–Kier alpha value is -3.19. The van der Waals surface area contributed by atoms with Gasteiger partial charge in [-0.1, -0.05) is 35.5 Å². The molecule has 134 valence electrons. The third-order valence-corrected chi connectivity index (χ3v) is 4.63. The quantitative estimate of drug-likeness (QED) is 0.491. The number of para-hydroxylation sites is 1. The van der Waals surface area contributed by atoms with Crippen molar-refractivity contribution in [2.75, 3.05) is 5.32 Å². The van der Waals surface area contributed by atoms with E-state index < -0.39 is 0 Å². The van der Waals surface area contributed by atoms with Crippen LogP contribution < -0.4 is 5.32 Å². The van der Waals surface area contributed by atoms with Crippen LogP contribution in [0.1, 0.15) is 21.8 Å². The maximum absolute atomic E-state index is 12.6. The number of nitrogens with zero attached hydrogens (tertiary/aromatic N) is 2. The molecule has 1 amide bonds. The summed E-state index contributed by atoms with van der Waals surface area (Å²) in [6, 6.07) is 18.3. The van der Waals surface area contributed by atoms with Crippen LogP contribution in [0.15, 0.2) is 80.3 Å². The standard InChI is InChI=1S/C20H14BrN3O3/c21-15-8-3-2-7-14(15)20(25)22-16-9-4-1-6-13(16)12-18-23-19(24-27-18)17-10-5-11-26-17/h1-11H,12H2,(H,22,25). The van der Waals surface area contributed by atoms with Crippen LogP contribution >= 0.6 is 15.9 Å². The van der Waals surface area contributed by atoms with Crippen LogP contribution in [0.3, 0.4) is 0 Å². The van der Waals surface area contributed by atoms with Crippen molar-refractivity contribution in [2.24, 2.45) is 0 Å². The summed E-state index contributed by atoms with van der Waals surface area (Å²) in [5.41, 5.74) is 2.12. The predicted molar refractivity (Wildman–Crippen MR) is 103 cm³/mol. The number of furan rings is 1. The molecule has 1 N–H and O–H groups in total. The van der Waals surface area contributed by atoms with Gasteiger partial charge in [-0.05, 0) is 51.8 Å². The first-order valence-corrected chi connectivity index (χ1v) is 9.00. The van der Waals surface area contributed by atoms with E-state index in [2.05, 4.69) is 31.4 Å². The van der Waals surface area contributed by atoms with Crippen LogP contribution in [-0.2, 0) is 6.42 Å². The van der Waals surface area contributed by atoms with Gasteiger partial charge in [-0.3, -0.25) is 4.79 Å². The topological polar surface area (TPSA) is 81.2 Å². The lowest BCUT2D eigenvalue weighted by Crippen LogP contribution is -2.14. The van der Waals surface area contributed by atoms with E-state index >= 15 is 0 Å². The highest BCUT2D eigenvalue weighted by molar-refractivity contribution is 9.10. The summed E-state index contributed by atoms with van der Waals surface area (Å²) in [6.45, 7) is 0. The molecule has 27 heavy (non-hydrogen) atoms. The molecular weight excluding hydrogens is 410 g/mol. The zero-order valence-electron chi connectivity index (χ0n) is 14.1. The molecule has 2 aromatic heterocycles. The van der Waals surface area contributed by atoms with Crippen LogP contribution in [0.25, 0.3) is 11.6 Å². The van der Waals surface area contributed by atoms with Gasteiger partial charge in [-0.25, -0.2) is 0 Å². The van der Waals surface area contributed by atoms with Gasteiger partial charge in [0.25, 0.3) is 5.91 Å². The predicted octanol–water partition coefficient (Wildman–Crippen LogP) is 4.94. The van der Waals surface area contributed by atoms with Crippen molar-refractivity contribution >= 4 is 27.5 Å². The fraction of sp³-hybridized carbons (Fsp3) is 0.0500. The second-order valence-corrected chi connectivity index (χ2v) is 6.61. The van der Waals surface area contributed by atoms with Gasteiger partial charge in [0.1, 0.15) is 0 Å². The van der Waals surface area contributed by atoms with E-state index in [9.17, 15) is 4.79 Å². The summed E-state index contributed by atoms with van der Waals surface area (Å²) in [6.07, 6.45) is 1.94. The molecule has 4 aromatic rings. The van der Waals surface area contributed by atoms with Gasteiger partial charge in [0.05, 0.1) is 18.2 Å². The second-order valence-electron chi connectivity index (χ2n) is 5.76. The van der Waals surface area contributed by atoms with Gasteiger partial charge in [0, 0.05) is 10.2 Å². The average Bonchev–Trinajstić information content (AvgIpc) is 3.35. The van der Waals surface area contributed by atoms with Gasteiger partial charge in [0.2, 0.25) is 11.7 Å². The van der Waals surface area contributed by atoms with Crippen molar-refractivity contribution < 1.29 is 13.7 Å². The number of amides is 1. The smallest absolute Gasteiger partial charge is 0.256 e. The average molecular weight is 424 g/mol. The van der Waals surface area contributed by atoms with Crippen molar-refractivity contribution in [3.8, 4) is 11.6 Å². The number of hydrogen-bond donors (Lipinski definition) is 1. The lowest BCUT2D eigenvalue weighted by Gasteiger charge is -2.10. The first-order valence-electron chi connectivity index (χ1n) is 8.21. The summed E-state index contributed by atoms with van der Waals surface area (Å²) in [4.78, 5) is 16.9. The van der Waals surface area contributed by atoms with Gasteiger partial charge in [0.15, 0.2) is 5.76 Å². The Morgan fingerprint density at radius 3 is 2.67 bits per heavy atom. The summed E-state index contributed by atoms with van der Waals surface area (Å²) < 4.78 is 11.3. The van der Waals surface area contributed by atoms with Crippen molar-refractivity contribution in [3.05, 3.63) is 88.4 Å². The van der Waals surface area contributed by atoms with Crippen molar-refractivity contribution in [2.45, 2.75) is 6.42 Å². The first-order chi connectivity index (χ1) is 13.2. The number of carbonyl (C=O) groups is 1. The highest BCUT2D eigenvalue weighted by Crippen LogP contribution is 2.23. The maximum atomic E-state index is 12.6. The molecule has 0 radical (unpaired) electrons. The zero-order valence-corrected chi connectivity index (χ0v) is 15.6. The number of benzene rings is 2. The highest BCUT2D eigenvalue weighted by Gasteiger charge is 2.15. The Bertz CT molecular complexity index is 1070. The van der Waals surface area contributed by atoms with E-state index in [1.165, 1.54) is 0 Å².